The average molecular weight is 438 g/mol. The molecule has 8 heteroatoms. The molecule has 1 aliphatic rings. The summed E-state index contributed by atoms with van der Waals surface area (Å²) in [6.07, 6.45) is 7.93. The van der Waals surface area contributed by atoms with Gasteiger partial charge in [-0.05, 0) is 49.2 Å². The lowest BCUT2D eigenvalue weighted by Gasteiger charge is -2.13. The van der Waals surface area contributed by atoms with E-state index < -0.39 is 0 Å². The zero-order valence-electron chi connectivity index (χ0n) is 16.2. The molecule has 0 radical (unpaired) electrons. The molecule has 4 N–H and O–H groups in total. The van der Waals surface area contributed by atoms with Crippen molar-refractivity contribution in [3.63, 3.8) is 0 Å². The van der Waals surface area contributed by atoms with Crippen molar-refractivity contribution in [2.24, 2.45) is 0 Å². The van der Waals surface area contributed by atoms with Crippen molar-refractivity contribution in [2.75, 3.05) is 11.1 Å². The van der Waals surface area contributed by atoms with Crippen molar-refractivity contribution in [1.29, 1.82) is 0 Å². The van der Waals surface area contributed by atoms with Gasteiger partial charge < -0.3 is 16.4 Å². The van der Waals surface area contributed by atoms with Crippen LogP contribution in [-0.2, 0) is 0 Å². The molecule has 1 aromatic carbocycles. The highest BCUT2D eigenvalue weighted by molar-refractivity contribution is 7.15. The Morgan fingerprint density at radius 1 is 1.23 bits per heavy atom. The summed E-state index contributed by atoms with van der Waals surface area (Å²) in [7, 11) is 0. The van der Waals surface area contributed by atoms with E-state index in [2.05, 4.69) is 20.6 Å². The Kier molecular flexibility index (Phi) is 5.83. The Hall–Kier alpha value is -3.16. The minimum absolute atomic E-state index is 0.0249. The van der Waals surface area contributed by atoms with Crippen LogP contribution in [0.25, 0.3) is 21.7 Å². The molecule has 1 atom stereocenters. The lowest BCUT2D eigenvalue weighted by atomic mass is 10.1. The van der Waals surface area contributed by atoms with Gasteiger partial charge in [0, 0.05) is 23.1 Å². The summed E-state index contributed by atoms with van der Waals surface area (Å²) in [4.78, 5) is 22.1. The number of carbonyl (C=O) groups is 1. The molecule has 2 heterocycles. The number of anilines is 2. The zero-order chi connectivity index (χ0) is 21.1. The number of aryl methyl sites for hydroxylation is 1. The smallest absolute Gasteiger partial charge is 0.323 e. The van der Waals surface area contributed by atoms with E-state index in [0.29, 0.717) is 17.9 Å². The van der Waals surface area contributed by atoms with Gasteiger partial charge in [-0.2, -0.15) is 0 Å². The lowest BCUT2D eigenvalue weighted by Crippen LogP contribution is -2.28. The number of halogens is 1. The van der Waals surface area contributed by atoms with Gasteiger partial charge in [0.15, 0.2) is 0 Å². The molecule has 0 aliphatic heterocycles. The third-order valence-corrected chi connectivity index (χ3v) is 5.82. The van der Waals surface area contributed by atoms with Gasteiger partial charge in [-0.1, -0.05) is 24.3 Å². The monoisotopic (exact) mass is 437 g/mol. The van der Waals surface area contributed by atoms with Crippen molar-refractivity contribution in [2.45, 2.75) is 18.7 Å². The number of benzene rings is 1. The maximum Gasteiger partial charge on any atom is 0.323 e. The number of carbonyl (C=O) groups excluding carboxylic acids is 1. The number of allylic oxidation sites excluding steroid dienone is 3. The van der Waals surface area contributed by atoms with Gasteiger partial charge in [0.2, 0.25) is 0 Å². The number of hydrogen-bond donors (Lipinski definition) is 3. The lowest BCUT2D eigenvalue weighted by molar-refractivity contribution is 0.254. The molecule has 4 rings (SSSR count). The predicted molar refractivity (Wildman–Crippen MR) is 124 cm³/mol. The van der Waals surface area contributed by atoms with Crippen molar-refractivity contribution in [3.05, 3.63) is 71.5 Å². The maximum atomic E-state index is 12.4. The number of thiazole rings is 1. The number of urea groups is 1. The average Bonchev–Trinajstić information content (AvgIpc) is 3.12. The van der Waals surface area contributed by atoms with Crippen LogP contribution < -0.4 is 16.4 Å². The Labute approximate surface area is 183 Å². The van der Waals surface area contributed by atoms with Crippen LogP contribution in [0.15, 0.2) is 66.5 Å². The van der Waals surface area contributed by atoms with Crippen LogP contribution in [0.3, 0.4) is 0 Å². The third-order valence-electron chi connectivity index (χ3n) is 4.48. The number of amides is 2. The minimum Gasteiger partial charge on any atom is -0.384 e. The summed E-state index contributed by atoms with van der Waals surface area (Å²) in [5.41, 5.74) is 9.99. The van der Waals surface area contributed by atoms with E-state index >= 15 is 0 Å². The summed E-state index contributed by atoms with van der Waals surface area (Å²) in [5.74, 6) is 0.447. The van der Waals surface area contributed by atoms with Crippen LogP contribution in [-0.4, -0.2) is 21.4 Å². The highest BCUT2D eigenvalue weighted by Gasteiger charge is 2.15. The Morgan fingerprint density at radius 2 is 2.10 bits per heavy atom. The Balaban J connectivity index is 1.56. The highest BCUT2D eigenvalue weighted by atomic mass is 35.5. The maximum absolute atomic E-state index is 12.4. The van der Waals surface area contributed by atoms with Crippen LogP contribution in [0.4, 0.5) is 16.3 Å². The van der Waals surface area contributed by atoms with Gasteiger partial charge in [-0.15, -0.1) is 22.9 Å². The number of nitrogens with one attached hydrogen (secondary N) is 2. The summed E-state index contributed by atoms with van der Waals surface area (Å²) in [6, 6.07) is 11.1. The van der Waals surface area contributed by atoms with Crippen LogP contribution in [0, 0.1) is 6.92 Å². The van der Waals surface area contributed by atoms with E-state index in [4.69, 9.17) is 17.3 Å². The van der Waals surface area contributed by atoms with E-state index in [0.717, 1.165) is 32.4 Å². The standard InChI is InChI=1S/C22H20ClN5OS/c1-13-26-20(14-9-10-25-19(24)12-14)21(30-13)15-3-2-4-18(11-15)28-22(29)27-17-7-5-16(23)6-8-17/h2-5,7-12,16H,6H2,1H3,(H2,24,25)(H2,27,28,29). The predicted octanol–water partition coefficient (Wildman–Crippen LogP) is 5.34. The molecule has 0 spiro atoms. The number of hydrogen-bond acceptors (Lipinski definition) is 5. The normalized spacial score (nSPS) is 15.5. The van der Waals surface area contributed by atoms with E-state index in [1.807, 2.05) is 61.5 Å². The van der Waals surface area contributed by atoms with Gasteiger partial charge in [0.25, 0.3) is 0 Å². The number of nitrogens with two attached hydrogens (primary N) is 1. The zero-order valence-corrected chi connectivity index (χ0v) is 17.8. The van der Waals surface area contributed by atoms with Crippen LogP contribution >= 0.6 is 22.9 Å². The molecule has 1 unspecified atom stereocenters. The Bertz CT molecular complexity index is 1150. The van der Waals surface area contributed by atoms with Gasteiger partial charge in [0.1, 0.15) is 5.82 Å². The van der Waals surface area contributed by atoms with Gasteiger partial charge in [-0.25, -0.2) is 14.8 Å². The van der Waals surface area contributed by atoms with Crippen molar-refractivity contribution in [3.8, 4) is 21.7 Å². The molecule has 2 amide bonds. The third kappa shape index (κ3) is 4.69. The SMILES string of the molecule is Cc1nc(-c2ccnc(N)c2)c(-c2cccc(NC(=O)NC3=CCC(Cl)C=C3)c2)s1. The Morgan fingerprint density at radius 3 is 2.87 bits per heavy atom. The second kappa shape index (κ2) is 8.69. The molecular weight excluding hydrogens is 418 g/mol. The quantitative estimate of drug-likeness (QED) is 0.480. The van der Waals surface area contributed by atoms with Crippen molar-refractivity contribution in [1.82, 2.24) is 15.3 Å². The van der Waals surface area contributed by atoms with Crippen LogP contribution in [0.2, 0.25) is 0 Å². The van der Waals surface area contributed by atoms with Crippen molar-refractivity contribution >= 4 is 40.5 Å². The number of alkyl halides is 1. The fourth-order valence-corrected chi connectivity index (χ4v) is 4.23. The molecule has 2 aromatic heterocycles. The molecule has 1 aliphatic carbocycles. The molecule has 3 aromatic rings. The summed E-state index contributed by atoms with van der Waals surface area (Å²) in [6.45, 7) is 1.97. The number of pyridine rings is 1. The van der Waals surface area contributed by atoms with Gasteiger partial charge in [0.05, 0.1) is 21.0 Å². The second-order valence-electron chi connectivity index (χ2n) is 6.81. The first-order chi connectivity index (χ1) is 14.5. The van der Waals surface area contributed by atoms with Gasteiger partial charge in [-0.3, -0.25) is 0 Å². The van der Waals surface area contributed by atoms with Crippen LogP contribution in [0.5, 0.6) is 0 Å². The van der Waals surface area contributed by atoms with Gasteiger partial charge >= 0.3 is 6.03 Å². The first-order valence-corrected chi connectivity index (χ1v) is 10.6. The van der Waals surface area contributed by atoms with Crippen molar-refractivity contribution < 1.29 is 4.79 Å². The molecule has 0 saturated carbocycles. The number of aromatic nitrogens is 2. The summed E-state index contributed by atoms with van der Waals surface area (Å²) in [5, 5.41) is 6.63. The second-order valence-corrected chi connectivity index (χ2v) is 8.57. The fourth-order valence-electron chi connectivity index (χ4n) is 3.13. The summed E-state index contributed by atoms with van der Waals surface area (Å²) >= 11 is 7.61. The molecule has 152 valence electrons. The number of nitrogens with zero attached hydrogens (tertiary/aromatic N) is 2. The largest absolute Gasteiger partial charge is 0.384 e. The minimum atomic E-state index is -0.307. The van der Waals surface area contributed by atoms with E-state index in [1.54, 1.807) is 17.5 Å². The fraction of sp³-hybridized carbons (Fsp3) is 0.136. The molecule has 0 bridgehead atoms. The van der Waals surface area contributed by atoms with E-state index in [-0.39, 0.29) is 11.4 Å². The molecular formula is C22H20ClN5OS. The highest BCUT2D eigenvalue weighted by Crippen LogP contribution is 2.37. The molecule has 0 saturated heterocycles. The summed E-state index contributed by atoms with van der Waals surface area (Å²) < 4.78 is 0. The first-order valence-electron chi connectivity index (χ1n) is 9.38. The van der Waals surface area contributed by atoms with Crippen LogP contribution in [0.1, 0.15) is 11.4 Å². The number of nitrogen functional groups attached to an aromatic ring is 1. The van der Waals surface area contributed by atoms with E-state index in [9.17, 15) is 4.79 Å². The topological polar surface area (TPSA) is 92.9 Å². The van der Waals surface area contributed by atoms with E-state index in [1.165, 1.54) is 0 Å². The molecule has 30 heavy (non-hydrogen) atoms. The number of rotatable bonds is 4. The molecule has 0 fully saturated rings. The molecule has 6 nitrogen and oxygen atoms in total. The first kappa shape index (κ1) is 20.1.